The Labute approximate surface area is 121 Å². The summed E-state index contributed by atoms with van der Waals surface area (Å²) in [5.41, 5.74) is 0.320. The summed E-state index contributed by atoms with van der Waals surface area (Å²) in [6.07, 6.45) is -4.61. The predicted molar refractivity (Wildman–Crippen MR) is 79.1 cm³/mol. The highest BCUT2D eigenvalue weighted by Crippen LogP contribution is 2.23. The smallest absolute Gasteiger partial charge is 0.385 e. The van der Waals surface area contributed by atoms with Gasteiger partial charge in [-0.05, 0) is 24.3 Å². The number of rotatable bonds is 5. The standard InChI is InChI=1S/C16H15F3N2/c17-16(18,19)15(21-14-9-5-2-6-10-14)11-12-20-13-7-3-1-4-8-13/h1-10,20H,11-12H2. The molecule has 0 radical (unpaired) electrons. The summed E-state index contributed by atoms with van der Waals surface area (Å²) in [4.78, 5) is 3.71. The summed E-state index contributed by atoms with van der Waals surface area (Å²) in [5, 5.41) is 2.95. The van der Waals surface area contributed by atoms with Crippen LogP contribution in [0.3, 0.4) is 0 Å². The quantitative estimate of drug-likeness (QED) is 0.785. The Bertz CT molecular complexity index is 577. The second-order valence-electron chi connectivity index (χ2n) is 4.43. The minimum absolute atomic E-state index is 0.176. The largest absolute Gasteiger partial charge is 0.429 e. The minimum atomic E-state index is -4.42. The number of nitrogens with zero attached hydrogens (tertiary/aromatic N) is 1. The van der Waals surface area contributed by atoms with Crippen molar-refractivity contribution in [3.05, 3.63) is 60.7 Å². The van der Waals surface area contributed by atoms with E-state index in [1.165, 1.54) is 0 Å². The molecule has 0 spiro atoms. The Morgan fingerprint density at radius 2 is 1.48 bits per heavy atom. The lowest BCUT2D eigenvalue weighted by molar-refractivity contribution is -0.0602. The molecule has 0 heterocycles. The van der Waals surface area contributed by atoms with Crippen molar-refractivity contribution in [2.24, 2.45) is 4.99 Å². The Kier molecular flexibility index (Phi) is 4.98. The van der Waals surface area contributed by atoms with Crippen molar-refractivity contribution in [3.8, 4) is 0 Å². The minimum Gasteiger partial charge on any atom is -0.385 e. The molecule has 0 fully saturated rings. The summed E-state index contributed by atoms with van der Waals surface area (Å²) >= 11 is 0. The maximum Gasteiger partial charge on any atom is 0.429 e. The molecule has 0 aliphatic heterocycles. The molecular formula is C16H15F3N2. The van der Waals surface area contributed by atoms with E-state index in [2.05, 4.69) is 10.3 Å². The van der Waals surface area contributed by atoms with Crippen LogP contribution in [0.5, 0.6) is 0 Å². The maximum atomic E-state index is 13.0. The second kappa shape index (κ2) is 6.92. The molecule has 0 saturated heterocycles. The van der Waals surface area contributed by atoms with Crippen molar-refractivity contribution in [2.45, 2.75) is 12.6 Å². The van der Waals surface area contributed by atoms with Crippen molar-refractivity contribution < 1.29 is 13.2 Å². The van der Waals surface area contributed by atoms with Crippen molar-refractivity contribution in [2.75, 3.05) is 11.9 Å². The molecule has 21 heavy (non-hydrogen) atoms. The van der Waals surface area contributed by atoms with E-state index in [0.717, 1.165) is 5.69 Å². The monoisotopic (exact) mass is 292 g/mol. The first-order chi connectivity index (χ1) is 10.1. The highest BCUT2D eigenvalue weighted by Gasteiger charge is 2.35. The summed E-state index contributed by atoms with van der Waals surface area (Å²) in [7, 11) is 0. The van der Waals surface area contributed by atoms with E-state index in [0.29, 0.717) is 5.69 Å². The number of anilines is 1. The number of benzene rings is 2. The van der Waals surface area contributed by atoms with Crippen LogP contribution in [0.25, 0.3) is 0 Å². The van der Waals surface area contributed by atoms with Gasteiger partial charge in [0.2, 0.25) is 0 Å². The third-order valence-electron chi connectivity index (χ3n) is 2.81. The molecule has 2 rings (SSSR count). The molecule has 110 valence electrons. The third kappa shape index (κ3) is 4.95. The number of aliphatic imine (C=N–C) groups is 1. The van der Waals surface area contributed by atoms with E-state index in [-0.39, 0.29) is 13.0 Å². The molecule has 0 aliphatic rings. The fraction of sp³-hybridized carbons (Fsp3) is 0.188. The van der Waals surface area contributed by atoms with Crippen LogP contribution < -0.4 is 5.32 Å². The lowest BCUT2D eigenvalue weighted by atomic mass is 10.2. The van der Waals surface area contributed by atoms with Gasteiger partial charge in [0, 0.05) is 18.7 Å². The predicted octanol–water partition coefficient (Wildman–Crippen LogP) is 4.82. The molecule has 5 heteroatoms. The van der Waals surface area contributed by atoms with Crippen LogP contribution in [0, 0.1) is 0 Å². The molecule has 0 atom stereocenters. The Hall–Kier alpha value is -2.30. The van der Waals surface area contributed by atoms with Gasteiger partial charge < -0.3 is 5.32 Å². The molecule has 2 aromatic carbocycles. The summed E-state index contributed by atoms with van der Waals surface area (Å²) in [6, 6.07) is 17.3. The van der Waals surface area contributed by atoms with E-state index >= 15 is 0 Å². The Morgan fingerprint density at radius 1 is 0.905 bits per heavy atom. The highest BCUT2D eigenvalue weighted by atomic mass is 19.4. The number of hydrogen-bond donors (Lipinski definition) is 1. The average molecular weight is 292 g/mol. The van der Waals surface area contributed by atoms with Crippen LogP contribution in [0.1, 0.15) is 6.42 Å². The normalized spacial score (nSPS) is 12.2. The fourth-order valence-corrected chi connectivity index (χ4v) is 1.80. The van der Waals surface area contributed by atoms with Gasteiger partial charge in [-0.1, -0.05) is 36.4 Å². The topological polar surface area (TPSA) is 24.4 Å². The zero-order valence-electron chi connectivity index (χ0n) is 11.3. The molecule has 0 amide bonds. The average Bonchev–Trinajstić information content (AvgIpc) is 2.47. The number of hydrogen-bond acceptors (Lipinski definition) is 2. The zero-order valence-corrected chi connectivity index (χ0v) is 11.3. The van der Waals surface area contributed by atoms with Gasteiger partial charge in [0.25, 0.3) is 0 Å². The van der Waals surface area contributed by atoms with Crippen molar-refractivity contribution in [3.63, 3.8) is 0 Å². The van der Waals surface area contributed by atoms with Gasteiger partial charge in [0.15, 0.2) is 0 Å². The van der Waals surface area contributed by atoms with Gasteiger partial charge in [0.1, 0.15) is 5.71 Å². The van der Waals surface area contributed by atoms with Crippen LogP contribution in [-0.4, -0.2) is 18.4 Å². The molecule has 0 bridgehead atoms. The van der Waals surface area contributed by atoms with E-state index in [9.17, 15) is 13.2 Å². The van der Waals surface area contributed by atoms with Crippen LogP contribution in [-0.2, 0) is 0 Å². The molecule has 1 N–H and O–H groups in total. The van der Waals surface area contributed by atoms with E-state index < -0.39 is 11.9 Å². The van der Waals surface area contributed by atoms with E-state index in [1.807, 2.05) is 30.3 Å². The SMILES string of the molecule is FC(F)(F)C(CCNc1ccccc1)=Nc1ccccc1. The van der Waals surface area contributed by atoms with E-state index in [4.69, 9.17) is 0 Å². The zero-order chi connectivity index (χ0) is 15.1. The van der Waals surface area contributed by atoms with Gasteiger partial charge in [-0.3, -0.25) is 0 Å². The van der Waals surface area contributed by atoms with Gasteiger partial charge in [-0.15, -0.1) is 0 Å². The van der Waals surface area contributed by atoms with Crippen LogP contribution in [0.15, 0.2) is 65.7 Å². The van der Waals surface area contributed by atoms with Crippen LogP contribution >= 0.6 is 0 Å². The molecule has 0 aliphatic carbocycles. The van der Waals surface area contributed by atoms with Gasteiger partial charge in [-0.2, -0.15) is 13.2 Å². The summed E-state index contributed by atoms with van der Waals surface area (Å²) in [5.74, 6) is 0. The Balaban J connectivity index is 2.03. The lowest BCUT2D eigenvalue weighted by Gasteiger charge is -2.12. The molecule has 2 aromatic rings. The maximum absolute atomic E-state index is 13.0. The molecule has 0 unspecified atom stereocenters. The van der Waals surface area contributed by atoms with Gasteiger partial charge >= 0.3 is 6.18 Å². The van der Waals surface area contributed by atoms with Gasteiger partial charge in [0.05, 0.1) is 5.69 Å². The third-order valence-corrected chi connectivity index (χ3v) is 2.81. The second-order valence-corrected chi connectivity index (χ2v) is 4.43. The number of para-hydroxylation sites is 2. The lowest BCUT2D eigenvalue weighted by Crippen LogP contribution is -2.25. The molecular weight excluding hydrogens is 277 g/mol. The summed E-state index contributed by atoms with van der Waals surface area (Å²) in [6.45, 7) is 0.176. The Morgan fingerprint density at radius 3 is 2.05 bits per heavy atom. The number of nitrogens with one attached hydrogen (secondary N) is 1. The highest BCUT2D eigenvalue weighted by molar-refractivity contribution is 5.92. The van der Waals surface area contributed by atoms with Crippen molar-refractivity contribution in [1.82, 2.24) is 0 Å². The van der Waals surface area contributed by atoms with Crippen LogP contribution in [0.4, 0.5) is 24.5 Å². The van der Waals surface area contributed by atoms with Crippen LogP contribution in [0.2, 0.25) is 0 Å². The van der Waals surface area contributed by atoms with Crippen molar-refractivity contribution >= 4 is 17.1 Å². The first-order valence-corrected chi connectivity index (χ1v) is 6.54. The number of halogens is 3. The molecule has 2 nitrogen and oxygen atoms in total. The fourth-order valence-electron chi connectivity index (χ4n) is 1.80. The first-order valence-electron chi connectivity index (χ1n) is 6.54. The van der Waals surface area contributed by atoms with Gasteiger partial charge in [-0.25, -0.2) is 4.99 Å². The van der Waals surface area contributed by atoms with E-state index in [1.54, 1.807) is 30.3 Å². The first kappa shape index (κ1) is 15.1. The number of alkyl halides is 3. The molecule has 0 aromatic heterocycles. The molecule has 0 saturated carbocycles. The van der Waals surface area contributed by atoms with Crippen molar-refractivity contribution in [1.29, 1.82) is 0 Å². The summed E-state index contributed by atoms with van der Waals surface area (Å²) < 4.78 is 38.9.